The molecule has 34 heavy (non-hydrogen) atoms. The van der Waals surface area contributed by atoms with E-state index in [0.29, 0.717) is 16.7 Å². The molecule has 6 nitrogen and oxygen atoms in total. The third-order valence-electron chi connectivity index (χ3n) is 5.36. The molecule has 0 amide bonds. The fourth-order valence-corrected chi connectivity index (χ4v) is 4.15. The number of primary sulfonamides is 1. The highest BCUT2D eigenvalue weighted by atomic mass is 32.2. The molecule has 1 aromatic heterocycles. The van der Waals surface area contributed by atoms with Crippen molar-refractivity contribution in [2.45, 2.75) is 17.9 Å². The van der Waals surface area contributed by atoms with E-state index >= 15 is 0 Å². The predicted octanol–water partition coefficient (Wildman–Crippen LogP) is 4.25. The number of sulfonamides is 1. The largest absolute Gasteiger partial charge is 0.275 e. The molecule has 10 heteroatoms. The average Bonchev–Trinajstić information content (AvgIpc) is 2.78. The van der Waals surface area contributed by atoms with Gasteiger partial charge in [0.05, 0.1) is 22.7 Å². The zero-order valence-corrected chi connectivity index (χ0v) is 18.6. The summed E-state index contributed by atoms with van der Waals surface area (Å²) in [5, 5.41) is 9.36. The smallest absolute Gasteiger partial charge is 0.267 e. The Morgan fingerprint density at radius 2 is 1.41 bits per heavy atom. The van der Waals surface area contributed by atoms with E-state index in [4.69, 9.17) is 5.14 Å². The number of nitrogens with two attached hydrogens (primary N) is 1. The zero-order chi connectivity index (χ0) is 24.6. The molecule has 3 aromatic carbocycles. The molecule has 2 N–H and O–H groups in total. The lowest BCUT2D eigenvalue weighted by Gasteiger charge is -2.18. The first-order valence-electron chi connectivity index (χ1n) is 10.0. The van der Waals surface area contributed by atoms with Crippen molar-refractivity contribution >= 4 is 10.0 Å². The van der Waals surface area contributed by atoms with Crippen LogP contribution in [0.1, 0.15) is 18.5 Å². The average molecular weight is 485 g/mol. The van der Waals surface area contributed by atoms with Gasteiger partial charge >= 0.3 is 0 Å². The van der Waals surface area contributed by atoms with Crippen molar-refractivity contribution in [2.75, 3.05) is 0 Å². The van der Waals surface area contributed by atoms with Gasteiger partial charge in [-0.1, -0.05) is 24.3 Å². The number of halogens is 3. The molecule has 0 bridgehead atoms. The second-order valence-corrected chi connectivity index (χ2v) is 9.20. The van der Waals surface area contributed by atoms with Crippen LogP contribution < -0.4 is 10.7 Å². The van der Waals surface area contributed by atoms with Gasteiger partial charge in [-0.15, -0.1) is 0 Å². The van der Waals surface area contributed by atoms with E-state index in [-0.39, 0.29) is 16.0 Å². The molecule has 1 unspecified atom stereocenters. The molecule has 174 valence electrons. The lowest BCUT2D eigenvalue weighted by molar-refractivity contribution is 0.518. The van der Waals surface area contributed by atoms with Gasteiger partial charge in [0.15, 0.2) is 0 Å². The van der Waals surface area contributed by atoms with E-state index in [1.807, 2.05) is 0 Å². The highest BCUT2D eigenvalue weighted by Gasteiger charge is 2.20. The van der Waals surface area contributed by atoms with Crippen LogP contribution in [0.25, 0.3) is 22.3 Å². The van der Waals surface area contributed by atoms with Crippen molar-refractivity contribution in [1.82, 2.24) is 9.78 Å². The van der Waals surface area contributed by atoms with E-state index in [0.717, 1.165) is 22.9 Å². The van der Waals surface area contributed by atoms with Crippen molar-refractivity contribution in [3.63, 3.8) is 0 Å². The van der Waals surface area contributed by atoms with Crippen LogP contribution in [-0.4, -0.2) is 18.2 Å². The normalized spacial score (nSPS) is 12.5. The van der Waals surface area contributed by atoms with Crippen LogP contribution in [0.2, 0.25) is 0 Å². The van der Waals surface area contributed by atoms with Crippen LogP contribution in [-0.2, 0) is 10.0 Å². The molecule has 0 aliphatic heterocycles. The van der Waals surface area contributed by atoms with Gasteiger partial charge in [0.25, 0.3) is 5.56 Å². The van der Waals surface area contributed by atoms with Gasteiger partial charge < -0.3 is 0 Å². The van der Waals surface area contributed by atoms with Gasteiger partial charge in [0.2, 0.25) is 10.0 Å². The molecule has 0 saturated carbocycles. The Kier molecular flexibility index (Phi) is 6.11. The predicted molar refractivity (Wildman–Crippen MR) is 121 cm³/mol. The Morgan fingerprint density at radius 3 is 1.97 bits per heavy atom. The van der Waals surface area contributed by atoms with Gasteiger partial charge in [-0.3, -0.25) is 4.79 Å². The highest BCUT2D eigenvalue weighted by molar-refractivity contribution is 7.89. The van der Waals surface area contributed by atoms with Gasteiger partial charge in [0.1, 0.15) is 17.5 Å². The van der Waals surface area contributed by atoms with Crippen LogP contribution in [0.4, 0.5) is 13.2 Å². The molecule has 0 saturated heterocycles. The molecule has 1 atom stereocenters. The van der Waals surface area contributed by atoms with Gasteiger partial charge in [-0.05, 0) is 60.0 Å². The maximum absolute atomic E-state index is 13.8. The fourth-order valence-electron chi connectivity index (χ4n) is 3.64. The Hall–Kier alpha value is -3.76. The third-order valence-corrected chi connectivity index (χ3v) is 6.29. The van der Waals surface area contributed by atoms with E-state index in [1.165, 1.54) is 54.7 Å². The van der Waals surface area contributed by atoms with Crippen LogP contribution >= 0.6 is 0 Å². The molecule has 4 aromatic rings. The summed E-state index contributed by atoms with van der Waals surface area (Å²) in [5.41, 5.74) is 0.964. The number of nitrogens with zero attached hydrogens (tertiary/aromatic N) is 2. The summed E-state index contributed by atoms with van der Waals surface area (Å²) in [6.45, 7) is 1.57. The topological polar surface area (TPSA) is 95.1 Å². The van der Waals surface area contributed by atoms with Crippen LogP contribution in [0, 0.1) is 17.5 Å². The minimum Gasteiger partial charge on any atom is -0.267 e. The lowest BCUT2D eigenvalue weighted by atomic mass is 9.97. The molecule has 1 heterocycles. The van der Waals surface area contributed by atoms with Gasteiger partial charge in [-0.2, -0.15) is 5.10 Å². The Bertz CT molecular complexity index is 1510. The summed E-state index contributed by atoms with van der Waals surface area (Å²) in [5.74, 6) is -2.08. The maximum atomic E-state index is 13.8. The summed E-state index contributed by atoms with van der Waals surface area (Å²) in [6, 6.07) is 12.9. The van der Waals surface area contributed by atoms with Crippen molar-refractivity contribution in [2.24, 2.45) is 5.14 Å². The van der Waals surface area contributed by atoms with E-state index in [9.17, 15) is 26.4 Å². The van der Waals surface area contributed by atoms with Gasteiger partial charge in [0, 0.05) is 11.6 Å². The number of rotatable bonds is 5. The molecule has 0 aliphatic rings. The molecular weight excluding hydrogens is 467 g/mol. The van der Waals surface area contributed by atoms with Crippen molar-refractivity contribution < 1.29 is 21.6 Å². The molecular formula is C24H18F3N3O3S. The summed E-state index contributed by atoms with van der Waals surface area (Å²) >= 11 is 0. The monoisotopic (exact) mass is 485 g/mol. The number of hydrogen-bond acceptors (Lipinski definition) is 4. The minimum atomic E-state index is -3.92. The number of benzene rings is 3. The number of hydrogen-bond donors (Lipinski definition) is 1. The molecule has 0 spiro atoms. The minimum absolute atomic E-state index is 0.109. The third kappa shape index (κ3) is 4.63. The SMILES string of the molecule is CC(c1cc(F)cc(F)c1)n1ncc(-c2ccc(S(N)(=O)=O)cc2)c(-c2ccc(F)cc2)c1=O. The summed E-state index contributed by atoms with van der Waals surface area (Å²) < 4.78 is 65.3. The van der Waals surface area contributed by atoms with Crippen LogP contribution in [0.5, 0.6) is 0 Å². The fraction of sp³-hybridized carbons (Fsp3) is 0.0833. The quantitative estimate of drug-likeness (QED) is 0.457. The standard InChI is InChI=1S/C24H18F3N3O3S/c1-14(17-10-19(26)12-20(27)11-17)30-24(31)23(16-2-6-18(25)7-3-16)22(13-29-30)15-4-8-21(9-5-15)34(28,32)33/h2-14H,1H3,(H2,28,32,33). The lowest BCUT2D eigenvalue weighted by Crippen LogP contribution is -2.28. The summed E-state index contributed by atoms with van der Waals surface area (Å²) in [6.07, 6.45) is 1.39. The van der Waals surface area contributed by atoms with Crippen molar-refractivity contribution in [1.29, 1.82) is 0 Å². The summed E-state index contributed by atoms with van der Waals surface area (Å²) in [7, 11) is -3.92. The first-order chi connectivity index (χ1) is 16.0. The molecule has 0 fully saturated rings. The first-order valence-corrected chi connectivity index (χ1v) is 11.6. The maximum Gasteiger partial charge on any atom is 0.275 e. The van der Waals surface area contributed by atoms with Crippen LogP contribution in [0.3, 0.4) is 0 Å². The highest BCUT2D eigenvalue weighted by Crippen LogP contribution is 2.30. The second kappa shape index (κ2) is 8.88. The molecule has 4 rings (SSSR count). The molecule has 0 radical (unpaired) electrons. The Balaban J connectivity index is 1.92. The van der Waals surface area contributed by atoms with Gasteiger partial charge in [-0.25, -0.2) is 31.4 Å². The second-order valence-electron chi connectivity index (χ2n) is 7.64. The van der Waals surface area contributed by atoms with E-state index in [1.54, 1.807) is 6.92 Å². The first kappa shape index (κ1) is 23.4. The van der Waals surface area contributed by atoms with E-state index in [2.05, 4.69) is 5.10 Å². The van der Waals surface area contributed by atoms with Crippen LogP contribution in [0.15, 0.2) is 82.6 Å². The Morgan fingerprint density at radius 1 is 0.853 bits per heavy atom. The molecule has 0 aliphatic carbocycles. The zero-order valence-electron chi connectivity index (χ0n) is 17.7. The van der Waals surface area contributed by atoms with E-state index < -0.39 is 39.1 Å². The Labute approximate surface area is 193 Å². The number of aromatic nitrogens is 2. The van der Waals surface area contributed by atoms with Crippen molar-refractivity contribution in [3.8, 4) is 22.3 Å². The van der Waals surface area contributed by atoms with Crippen molar-refractivity contribution in [3.05, 3.63) is 106 Å². The summed E-state index contributed by atoms with van der Waals surface area (Å²) in [4.78, 5) is 13.5.